The molecule has 0 bridgehead atoms. The normalized spacial score (nSPS) is 12.9. The fraction of sp³-hybridized carbons (Fsp3) is 0.500. The maximum atomic E-state index is 12.2. The Bertz CT molecular complexity index is 492. The lowest BCUT2D eigenvalue weighted by Gasteiger charge is -2.31. The second kappa shape index (κ2) is 5.38. The predicted octanol–water partition coefficient (Wildman–Crippen LogP) is 3.16. The van der Waals surface area contributed by atoms with E-state index in [2.05, 4.69) is 0 Å². The van der Waals surface area contributed by atoms with Gasteiger partial charge in [-0.25, -0.2) is 0 Å². The molecule has 1 aromatic rings. The molecule has 0 spiro atoms. The zero-order valence-corrected chi connectivity index (χ0v) is 12.0. The minimum absolute atomic E-state index is 0.00602. The van der Waals surface area contributed by atoms with Crippen molar-refractivity contribution in [2.45, 2.75) is 33.7 Å². The first-order chi connectivity index (χ1) is 8.64. The fourth-order valence-electron chi connectivity index (χ4n) is 1.83. The average Bonchev–Trinajstić information content (AvgIpc) is 2.35. The molecule has 5 nitrogen and oxygen atoms in total. The number of non-ortho nitro benzene ring substituents is 1. The highest BCUT2D eigenvalue weighted by Gasteiger charge is 2.28. The Labute approximate surface area is 113 Å². The molecule has 19 heavy (non-hydrogen) atoms. The first kappa shape index (κ1) is 15.1. The molecule has 0 radical (unpaired) electrons. The van der Waals surface area contributed by atoms with Crippen molar-refractivity contribution in [2.24, 2.45) is 5.41 Å². The van der Waals surface area contributed by atoms with E-state index in [1.54, 1.807) is 24.1 Å². The Morgan fingerprint density at radius 2 is 1.95 bits per heavy atom. The summed E-state index contributed by atoms with van der Waals surface area (Å²) in [6, 6.07) is 6.19. The molecule has 0 aliphatic heterocycles. The average molecular weight is 264 g/mol. The molecule has 0 fully saturated rings. The summed E-state index contributed by atoms with van der Waals surface area (Å²) >= 11 is 0. The summed E-state index contributed by atoms with van der Waals surface area (Å²) in [6.07, 6.45) is 0. The lowest BCUT2D eigenvalue weighted by atomic mass is 9.93. The number of nitro groups is 1. The van der Waals surface area contributed by atoms with E-state index in [0.29, 0.717) is 0 Å². The van der Waals surface area contributed by atoms with Crippen LogP contribution >= 0.6 is 0 Å². The maximum absolute atomic E-state index is 12.2. The third kappa shape index (κ3) is 3.53. The van der Waals surface area contributed by atoms with E-state index in [1.807, 2.05) is 27.7 Å². The van der Waals surface area contributed by atoms with Crippen molar-refractivity contribution in [2.75, 3.05) is 7.05 Å². The third-order valence-electron chi connectivity index (χ3n) is 3.11. The van der Waals surface area contributed by atoms with Crippen LogP contribution in [0.25, 0.3) is 0 Å². The van der Waals surface area contributed by atoms with Gasteiger partial charge in [0.2, 0.25) is 5.91 Å². The van der Waals surface area contributed by atoms with Crippen molar-refractivity contribution < 1.29 is 9.72 Å². The Morgan fingerprint density at radius 3 is 2.42 bits per heavy atom. The quantitative estimate of drug-likeness (QED) is 0.622. The molecule has 0 aromatic heterocycles. The molecule has 1 aromatic carbocycles. The van der Waals surface area contributed by atoms with Gasteiger partial charge in [0.25, 0.3) is 5.69 Å². The van der Waals surface area contributed by atoms with E-state index in [0.717, 1.165) is 5.56 Å². The van der Waals surface area contributed by atoms with Gasteiger partial charge in [-0.1, -0.05) is 32.9 Å². The first-order valence-corrected chi connectivity index (χ1v) is 6.16. The molecule has 0 saturated heterocycles. The van der Waals surface area contributed by atoms with Crippen LogP contribution in [-0.2, 0) is 4.79 Å². The van der Waals surface area contributed by atoms with Crippen molar-refractivity contribution in [1.82, 2.24) is 4.90 Å². The van der Waals surface area contributed by atoms with Crippen LogP contribution in [0.4, 0.5) is 5.69 Å². The van der Waals surface area contributed by atoms with Gasteiger partial charge in [-0.05, 0) is 12.5 Å². The predicted molar refractivity (Wildman–Crippen MR) is 73.7 cm³/mol. The number of carbonyl (C=O) groups excluding carboxylic acids is 1. The summed E-state index contributed by atoms with van der Waals surface area (Å²) in [5, 5.41) is 10.8. The van der Waals surface area contributed by atoms with E-state index >= 15 is 0 Å². The van der Waals surface area contributed by atoms with Crippen molar-refractivity contribution in [3.63, 3.8) is 0 Å². The summed E-state index contributed by atoms with van der Waals surface area (Å²) < 4.78 is 0. The summed E-state index contributed by atoms with van der Waals surface area (Å²) in [5.74, 6) is 0.00602. The topological polar surface area (TPSA) is 63.5 Å². The zero-order valence-electron chi connectivity index (χ0n) is 12.0. The standard InChI is InChI=1S/C14H20N2O3/c1-10(15(5)13(17)14(2,3)4)11-7-6-8-12(9-11)16(18)19/h6-10H,1-5H3. The molecule has 1 unspecified atom stereocenters. The number of nitro benzene ring substituents is 1. The summed E-state index contributed by atoms with van der Waals surface area (Å²) in [4.78, 5) is 24.1. The minimum Gasteiger partial charge on any atom is -0.339 e. The molecule has 0 heterocycles. The number of hydrogen-bond acceptors (Lipinski definition) is 3. The van der Waals surface area contributed by atoms with Crippen molar-refractivity contribution in [3.8, 4) is 0 Å². The van der Waals surface area contributed by atoms with Crippen LogP contribution in [0.3, 0.4) is 0 Å². The molecule has 104 valence electrons. The Kier molecular flexibility index (Phi) is 4.29. The molecule has 0 N–H and O–H groups in total. The van der Waals surface area contributed by atoms with Gasteiger partial charge in [-0.15, -0.1) is 0 Å². The van der Waals surface area contributed by atoms with Crippen LogP contribution in [0.15, 0.2) is 24.3 Å². The molecular formula is C14H20N2O3. The van der Waals surface area contributed by atoms with Gasteiger partial charge in [-0.3, -0.25) is 14.9 Å². The second-order valence-corrected chi connectivity index (χ2v) is 5.69. The van der Waals surface area contributed by atoms with Crippen LogP contribution in [0.5, 0.6) is 0 Å². The SMILES string of the molecule is CC(c1cccc([N+](=O)[O-])c1)N(C)C(=O)C(C)(C)C. The number of benzene rings is 1. The molecule has 0 saturated carbocycles. The third-order valence-corrected chi connectivity index (χ3v) is 3.11. The maximum Gasteiger partial charge on any atom is 0.269 e. The lowest BCUT2D eigenvalue weighted by molar-refractivity contribution is -0.384. The summed E-state index contributed by atoms with van der Waals surface area (Å²) in [6.45, 7) is 7.42. The zero-order chi connectivity index (χ0) is 14.8. The highest BCUT2D eigenvalue weighted by Crippen LogP contribution is 2.26. The first-order valence-electron chi connectivity index (χ1n) is 6.16. The van der Waals surface area contributed by atoms with E-state index in [1.165, 1.54) is 12.1 Å². The summed E-state index contributed by atoms with van der Waals surface area (Å²) in [7, 11) is 1.72. The van der Waals surface area contributed by atoms with Gasteiger partial charge in [0.1, 0.15) is 0 Å². The Morgan fingerprint density at radius 1 is 1.37 bits per heavy atom. The highest BCUT2D eigenvalue weighted by molar-refractivity contribution is 5.81. The van der Waals surface area contributed by atoms with Crippen LogP contribution in [0, 0.1) is 15.5 Å². The van der Waals surface area contributed by atoms with E-state index in [-0.39, 0.29) is 17.6 Å². The monoisotopic (exact) mass is 264 g/mol. The largest absolute Gasteiger partial charge is 0.339 e. The van der Waals surface area contributed by atoms with E-state index in [4.69, 9.17) is 0 Å². The van der Waals surface area contributed by atoms with Crippen molar-refractivity contribution in [1.29, 1.82) is 0 Å². The van der Waals surface area contributed by atoms with Gasteiger partial charge in [-0.2, -0.15) is 0 Å². The smallest absolute Gasteiger partial charge is 0.269 e. The van der Waals surface area contributed by atoms with Gasteiger partial charge in [0.05, 0.1) is 11.0 Å². The minimum atomic E-state index is -0.469. The van der Waals surface area contributed by atoms with Gasteiger partial charge in [0, 0.05) is 24.6 Å². The van der Waals surface area contributed by atoms with E-state index < -0.39 is 10.3 Å². The highest BCUT2D eigenvalue weighted by atomic mass is 16.6. The molecule has 1 atom stereocenters. The number of rotatable bonds is 3. The molecule has 1 amide bonds. The van der Waals surface area contributed by atoms with Crippen molar-refractivity contribution in [3.05, 3.63) is 39.9 Å². The number of carbonyl (C=O) groups is 1. The molecular weight excluding hydrogens is 244 g/mol. The number of hydrogen-bond donors (Lipinski definition) is 0. The summed E-state index contributed by atoms with van der Waals surface area (Å²) in [5.41, 5.74) is 0.333. The van der Waals surface area contributed by atoms with Crippen LogP contribution in [0.1, 0.15) is 39.3 Å². The molecule has 5 heteroatoms. The molecule has 0 aliphatic carbocycles. The fourth-order valence-corrected chi connectivity index (χ4v) is 1.83. The van der Waals surface area contributed by atoms with Crippen LogP contribution in [-0.4, -0.2) is 22.8 Å². The second-order valence-electron chi connectivity index (χ2n) is 5.69. The molecule has 0 aliphatic rings. The van der Waals surface area contributed by atoms with E-state index in [9.17, 15) is 14.9 Å². The Balaban J connectivity index is 3.00. The molecule has 1 rings (SSSR count). The van der Waals surface area contributed by atoms with Gasteiger partial charge < -0.3 is 4.90 Å². The van der Waals surface area contributed by atoms with Gasteiger partial charge >= 0.3 is 0 Å². The Hall–Kier alpha value is -1.91. The number of amides is 1. The van der Waals surface area contributed by atoms with Crippen molar-refractivity contribution >= 4 is 11.6 Å². The number of nitrogens with zero attached hydrogens (tertiary/aromatic N) is 2. The van der Waals surface area contributed by atoms with Crippen LogP contribution in [0.2, 0.25) is 0 Å². The lowest BCUT2D eigenvalue weighted by Crippen LogP contribution is -2.38. The van der Waals surface area contributed by atoms with Crippen LogP contribution < -0.4 is 0 Å². The van der Waals surface area contributed by atoms with Gasteiger partial charge in [0.15, 0.2) is 0 Å².